The van der Waals surface area contributed by atoms with Crippen molar-refractivity contribution in [3.05, 3.63) is 0 Å². The number of hydrogen-bond donors (Lipinski definition) is 0. The molecule has 0 heterocycles. The molecule has 0 aliphatic heterocycles. The van der Waals surface area contributed by atoms with Crippen molar-refractivity contribution < 1.29 is 72.1 Å². The van der Waals surface area contributed by atoms with Gasteiger partial charge in [-0.25, -0.2) is 0 Å². The predicted octanol–water partition coefficient (Wildman–Crippen LogP) is -6.94. The summed E-state index contributed by atoms with van der Waals surface area (Å²) in [7, 11) is -2.92. The topological polar surface area (TPSA) is 69.2 Å². The van der Waals surface area contributed by atoms with Crippen LogP contribution in [0.5, 0.6) is 0 Å². The summed E-state index contributed by atoms with van der Waals surface area (Å²) in [6.45, 7) is 0. The molecule has 0 amide bonds. The second-order valence-electron chi connectivity index (χ2n) is 0.289. The summed E-state index contributed by atoms with van der Waals surface area (Å²) in [5.41, 5.74) is 0. The third-order valence-corrected chi connectivity index (χ3v) is 0. The van der Waals surface area contributed by atoms with E-state index in [2.05, 4.69) is 0 Å². The van der Waals surface area contributed by atoms with E-state index in [4.69, 9.17) is 15.1 Å². The standard InChI is InChI=1S/BO3.Dy.Li/c2-1(3)4;;/q-3;+3;+1. The van der Waals surface area contributed by atoms with Crippen molar-refractivity contribution in [3.8, 4) is 0 Å². The van der Waals surface area contributed by atoms with E-state index in [1.165, 1.54) is 0 Å². The summed E-state index contributed by atoms with van der Waals surface area (Å²) < 4.78 is 0. The van der Waals surface area contributed by atoms with Crippen LogP contribution in [-0.4, -0.2) is 7.32 Å². The zero-order valence-electron chi connectivity index (χ0n) is 3.12. The maximum absolute atomic E-state index is 8.42. The SMILES string of the molecule is [Dy+3].[Li+].[O-]B([O-])[O-]. The average Bonchev–Trinajstić information content (AvgIpc) is 0.811. The second kappa shape index (κ2) is 9.94. The predicted molar refractivity (Wildman–Crippen MR) is 5.75 cm³/mol. The quantitative estimate of drug-likeness (QED) is 0.387. The van der Waals surface area contributed by atoms with Crippen molar-refractivity contribution in [1.82, 2.24) is 0 Å². The van der Waals surface area contributed by atoms with Gasteiger partial charge in [0, 0.05) is 0 Å². The largest absolute Gasteiger partial charge is 3.00 e. The van der Waals surface area contributed by atoms with Crippen molar-refractivity contribution in [2.24, 2.45) is 0 Å². The normalized spacial score (nSPS) is 4.50. The Morgan fingerprint density at radius 3 is 1.00 bits per heavy atom. The molecular weight excluding hydrogens is 228 g/mol. The fraction of sp³-hybridized carbons (Fsp3) is 0. The molecule has 0 N–H and O–H groups in total. The minimum absolute atomic E-state index is 0. The van der Waals surface area contributed by atoms with Crippen LogP contribution in [0.25, 0.3) is 0 Å². The van der Waals surface area contributed by atoms with Crippen LogP contribution in [0.2, 0.25) is 0 Å². The summed E-state index contributed by atoms with van der Waals surface area (Å²) in [4.78, 5) is 0. The molecule has 0 spiro atoms. The zero-order chi connectivity index (χ0) is 3.58. The Morgan fingerprint density at radius 1 is 1.00 bits per heavy atom. The Bertz CT molecular complexity index is 15.5. The van der Waals surface area contributed by atoms with Gasteiger partial charge in [0.2, 0.25) is 0 Å². The molecule has 0 rings (SSSR count). The van der Waals surface area contributed by atoms with Gasteiger partial charge in [-0.15, -0.1) is 0 Å². The molecule has 0 saturated heterocycles. The molecule has 0 aliphatic carbocycles. The van der Waals surface area contributed by atoms with Crippen LogP contribution in [0.3, 0.4) is 0 Å². The van der Waals surface area contributed by atoms with Gasteiger partial charge in [0.05, 0.1) is 0 Å². The Morgan fingerprint density at radius 2 is 1.00 bits per heavy atom. The second-order valence-corrected chi connectivity index (χ2v) is 0.289. The molecule has 0 fully saturated rings. The van der Waals surface area contributed by atoms with Crippen LogP contribution in [0.4, 0.5) is 0 Å². The molecule has 3 nitrogen and oxygen atoms in total. The zero-order valence-corrected chi connectivity index (χ0v) is 5.15. The van der Waals surface area contributed by atoms with Gasteiger partial charge in [0.15, 0.2) is 0 Å². The molecule has 6 heavy (non-hydrogen) atoms. The van der Waals surface area contributed by atoms with Crippen LogP contribution in [-0.2, 0) is 0 Å². The molecule has 0 aromatic carbocycles. The van der Waals surface area contributed by atoms with Gasteiger partial charge in [-0.05, 0) is 0 Å². The molecule has 0 aromatic heterocycles. The first-order valence-corrected chi connectivity index (χ1v) is 0.707. The van der Waals surface area contributed by atoms with E-state index in [1.807, 2.05) is 0 Å². The Balaban J connectivity index is -0.0000000450. The minimum Gasteiger partial charge on any atom is -0.907 e. The van der Waals surface area contributed by atoms with Gasteiger partial charge < -0.3 is 15.1 Å². The molecule has 0 bridgehead atoms. The van der Waals surface area contributed by atoms with Gasteiger partial charge in [0.1, 0.15) is 0 Å². The van der Waals surface area contributed by atoms with E-state index < -0.39 is 7.32 Å². The van der Waals surface area contributed by atoms with Crippen molar-refractivity contribution >= 4 is 7.32 Å². The number of rotatable bonds is 0. The van der Waals surface area contributed by atoms with Crippen LogP contribution >= 0.6 is 0 Å². The average molecular weight is 228 g/mol. The molecule has 0 saturated carbocycles. The van der Waals surface area contributed by atoms with Gasteiger partial charge in [-0.2, -0.15) is 0 Å². The maximum Gasteiger partial charge on any atom is 3.00 e. The summed E-state index contributed by atoms with van der Waals surface area (Å²) >= 11 is 0. The molecular formula is BDyLiO3+. The van der Waals surface area contributed by atoms with E-state index >= 15 is 0 Å². The maximum atomic E-state index is 8.42. The van der Waals surface area contributed by atoms with Crippen LogP contribution in [0.15, 0.2) is 0 Å². The molecule has 31 valence electrons. The molecule has 0 atom stereocenters. The molecule has 0 aromatic rings. The first-order valence-electron chi connectivity index (χ1n) is 0.707. The van der Waals surface area contributed by atoms with Crippen LogP contribution < -0.4 is 33.9 Å². The fourth-order valence-electron chi connectivity index (χ4n) is 0. The Kier molecular flexibility index (Phi) is 25.9. The van der Waals surface area contributed by atoms with Crippen molar-refractivity contribution in [2.75, 3.05) is 0 Å². The molecule has 0 aliphatic rings. The molecule has 6 heteroatoms. The molecule has 0 unspecified atom stereocenters. The van der Waals surface area contributed by atoms with Gasteiger partial charge in [-0.3, -0.25) is 7.32 Å². The van der Waals surface area contributed by atoms with E-state index in [1.54, 1.807) is 0 Å². The summed E-state index contributed by atoms with van der Waals surface area (Å²) in [5, 5.41) is 25.2. The van der Waals surface area contributed by atoms with Gasteiger partial charge in [-0.1, -0.05) is 0 Å². The minimum atomic E-state index is -2.92. The van der Waals surface area contributed by atoms with Crippen molar-refractivity contribution in [1.29, 1.82) is 0 Å². The Labute approximate surface area is 78.5 Å². The number of hydrogen-bond acceptors (Lipinski definition) is 3. The van der Waals surface area contributed by atoms with E-state index in [9.17, 15) is 0 Å². The molecule has 1 radical (unpaired) electrons. The van der Waals surface area contributed by atoms with Gasteiger partial charge >= 0.3 is 57.0 Å². The van der Waals surface area contributed by atoms with Crippen molar-refractivity contribution in [2.45, 2.75) is 0 Å². The van der Waals surface area contributed by atoms with Crippen LogP contribution in [0.1, 0.15) is 0 Å². The smallest absolute Gasteiger partial charge is 0.907 e. The van der Waals surface area contributed by atoms with Crippen LogP contribution in [0, 0.1) is 38.2 Å². The van der Waals surface area contributed by atoms with Crippen molar-refractivity contribution in [3.63, 3.8) is 0 Å². The van der Waals surface area contributed by atoms with E-state index in [0.29, 0.717) is 0 Å². The third-order valence-electron chi connectivity index (χ3n) is 0. The van der Waals surface area contributed by atoms with E-state index in [-0.39, 0.29) is 57.0 Å². The van der Waals surface area contributed by atoms with Gasteiger partial charge in [0.25, 0.3) is 0 Å². The van der Waals surface area contributed by atoms with E-state index in [0.717, 1.165) is 0 Å². The summed E-state index contributed by atoms with van der Waals surface area (Å²) in [6, 6.07) is 0. The summed E-state index contributed by atoms with van der Waals surface area (Å²) in [6.07, 6.45) is 0. The first kappa shape index (κ1) is 15.7. The summed E-state index contributed by atoms with van der Waals surface area (Å²) in [5.74, 6) is 0. The fourth-order valence-corrected chi connectivity index (χ4v) is 0. The first-order chi connectivity index (χ1) is 1.73. The third kappa shape index (κ3) is 40.9. The monoisotopic (exact) mass is 230 g/mol. The Hall–Kier alpha value is 1.82.